The molecule has 1 aromatic heterocycles. The van der Waals surface area contributed by atoms with Gasteiger partial charge in [0.1, 0.15) is 0 Å². The van der Waals surface area contributed by atoms with E-state index in [1.54, 1.807) is 30.6 Å². The third-order valence-corrected chi connectivity index (χ3v) is 3.01. The van der Waals surface area contributed by atoms with E-state index in [0.29, 0.717) is 12.1 Å². The van der Waals surface area contributed by atoms with Gasteiger partial charge >= 0.3 is 0 Å². The Kier molecular flexibility index (Phi) is 4.68. The first-order valence-corrected chi connectivity index (χ1v) is 6.73. The van der Waals surface area contributed by atoms with E-state index in [2.05, 4.69) is 15.3 Å². The lowest BCUT2D eigenvalue weighted by Crippen LogP contribution is -2.24. The van der Waals surface area contributed by atoms with Crippen LogP contribution in [-0.4, -0.2) is 27.8 Å². The molecule has 1 heterocycles. The van der Waals surface area contributed by atoms with E-state index in [9.17, 15) is 4.79 Å². The molecule has 0 radical (unpaired) electrons. The highest BCUT2D eigenvalue weighted by Crippen LogP contribution is 2.11. The molecule has 0 fully saturated rings. The fourth-order valence-corrected chi connectivity index (χ4v) is 1.95. The predicted octanol–water partition coefficient (Wildman–Crippen LogP) is 2.77. The lowest BCUT2D eigenvalue weighted by atomic mass is 10.1. The van der Waals surface area contributed by atoms with E-state index >= 15 is 0 Å². The largest absolute Gasteiger partial charge is 0.352 e. The van der Waals surface area contributed by atoms with Crippen LogP contribution in [0.4, 0.5) is 0 Å². The number of alkyl halides is 1. The molecule has 0 bridgehead atoms. The summed E-state index contributed by atoms with van der Waals surface area (Å²) >= 11 is 5.85. The highest BCUT2D eigenvalue weighted by Gasteiger charge is 2.06. The van der Waals surface area contributed by atoms with Crippen molar-refractivity contribution in [3.05, 3.63) is 36.2 Å². The topological polar surface area (TPSA) is 54.9 Å². The van der Waals surface area contributed by atoms with Gasteiger partial charge in [-0.25, -0.2) is 0 Å². The van der Waals surface area contributed by atoms with E-state index in [-0.39, 0.29) is 11.3 Å². The molecule has 100 valence electrons. The van der Waals surface area contributed by atoms with Gasteiger partial charge < -0.3 is 5.32 Å². The fraction of sp³-hybridized carbons (Fsp3) is 0.357. The average molecular weight is 278 g/mol. The number of halogens is 1. The molecule has 4 nitrogen and oxygen atoms in total. The Morgan fingerprint density at radius 1 is 1.32 bits per heavy atom. The Labute approximate surface area is 117 Å². The first-order chi connectivity index (χ1) is 9.16. The van der Waals surface area contributed by atoms with E-state index in [0.717, 1.165) is 23.9 Å². The van der Waals surface area contributed by atoms with Crippen molar-refractivity contribution < 1.29 is 4.79 Å². The van der Waals surface area contributed by atoms with Crippen molar-refractivity contribution in [2.24, 2.45) is 0 Å². The van der Waals surface area contributed by atoms with Crippen LogP contribution in [0.5, 0.6) is 0 Å². The number of rotatable bonds is 5. The maximum atomic E-state index is 11.9. The standard InChI is InChI=1S/C14H16ClN3O/c1-10(15)3-2-6-18-14(19)11-4-5-12-13(9-11)17-8-7-16-12/h4-5,7-10H,2-3,6H2,1H3,(H,18,19). The number of aromatic nitrogens is 2. The zero-order chi connectivity index (χ0) is 13.7. The minimum absolute atomic E-state index is 0.0882. The predicted molar refractivity (Wildman–Crippen MR) is 76.4 cm³/mol. The molecule has 1 atom stereocenters. The van der Waals surface area contributed by atoms with Crippen LogP contribution in [0.15, 0.2) is 30.6 Å². The molecule has 19 heavy (non-hydrogen) atoms. The number of amides is 1. The molecular weight excluding hydrogens is 262 g/mol. The number of carbonyl (C=O) groups is 1. The highest BCUT2D eigenvalue weighted by molar-refractivity contribution is 6.20. The minimum Gasteiger partial charge on any atom is -0.352 e. The van der Waals surface area contributed by atoms with Gasteiger partial charge in [-0.05, 0) is 38.0 Å². The van der Waals surface area contributed by atoms with Crippen molar-refractivity contribution >= 4 is 28.5 Å². The maximum absolute atomic E-state index is 11.9. The van der Waals surface area contributed by atoms with Crippen molar-refractivity contribution in [1.82, 2.24) is 15.3 Å². The van der Waals surface area contributed by atoms with Crippen molar-refractivity contribution in [1.29, 1.82) is 0 Å². The lowest BCUT2D eigenvalue weighted by molar-refractivity contribution is 0.0953. The molecule has 0 aliphatic heterocycles. The molecule has 1 amide bonds. The molecule has 0 saturated carbocycles. The van der Waals surface area contributed by atoms with E-state index in [1.165, 1.54) is 0 Å². The number of nitrogens with one attached hydrogen (secondary N) is 1. The third kappa shape index (κ3) is 3.89. The molecule has 5 heteroatoms. The fourth-order valence-electron chi connectivity index (χ4n) is 1.79. The number of hydrogen-bond donors (Lipinski definition) is 1. The number of fused-ring (bicyclic) bond motifs is 1. The first kappa shape index (κ1) is 13.7. The zero-order valence-electron chi connectivity index (χ0n) is 10.8. The number of hydrogen-bond acceptors (Lipinski definition) is 3. The summed E-state index contributed by atoms with van der Waals surface area (Å²) < 4.78 is 0. The number of nitrogens with zero attached hydrogens (tertiary/aromatic N) is 2. The van der Waals surface area contributed by atoms with Gasteiger partial charge in [0.05, 0.1) is 11.0 Å². The molecule has 2 aromatic rings. The Hall–Kier alpha value is -1.68. The summed E-state index contributed by atoms with van der Waals surface area (Å²) in [5, 5.41) is 3.02. The smallest absolute Gasteiger partial charge is 0.251 e. The summed E-state index contributed by atoms with van der Waals surface area (Å²) in [6, 6.07) is 5.32. The quantitative estimate of drug-likeness (QED) is 0.675. The molecule has 0 spiro atoms. The van der Waals surface area contributed by atoms with Crippen LogP contribution in [0.3, 0.4) is 0 Å². The van der Waals surface area contributed by atoms with Crippen LogP contribution in [0.1, 0.15) is 30.1 Å². The van der Waals surface area contributed by atoms with E-state index in [4.69, 9.17) is 11.6 Å². The monoisotopic (exact) mass is 277 g/mol. The van der Waals surface area contributed by atoms with Gasteiger partial charge in [-0.1, -0.05) is 0 Å². The van der Waals surface area contributed by atoms with E-state index < -0.39 is 0 Å². The normalized spacial score (nSPS) is 12.3. The summed E-state index contributed by atoms with van der Waals surface area (Å²) in [6.45, 7) is 2.58. The van der Waals surface area contributed by atoms with E-state index in [1.807, 2.05) is 6.92 Å². The first-order valence-electron chi connectivity index (χ1n) is 6.30. The zero-order valence-corrected chi connectivity index (χ0v) is 11.5. The summed E-state index contributed by atoms with van der Waals surface area (Å²) in [7, 11) is 0. The molecule has 2 rings (SSSR count). The summed E-state index contributed by atoms with van der Waals surface area (Å²) in [5.41, 5.74) is 2.12. The Morgan fingerprint density at radius 2 is 2.05 bits per heavy atom. The average Bonchev–Trinajstić information content (AvgIpc) is 2.42. The molecule has 0 saturated heterocycles. The van der Waals surface area contributed by atoms with Crippen molar-refractivity contribution in [3.8, 4) is 0 Å². The Bertz CT molecular complexity index is 571. The van der Waals surface area contributed by atoms with Gasteiger partial charge in [-0.2, -0.15) is 0 Å². The van der Waals surface area contributed by atoms with Gasteiger partial charge in [0.15, 0.2) is 0 Å². The van der Waals surface area contributed by atoms with Gasteiger partial charge in [-0.15, -0.1) is 11.6 Å². The molecule has 1 aromatic carbocycles. The SMILES string of the molecule is CC(Cl)CCCNC(=O)c1ccc2nccnc2c1. The lowest BCUT2D eigenvalue weighted by Gasteiger charge is -2.06. The van der Waals surface area contributed by atoms with Crippen LogP contribution in [0, 0.1) is 0 Å². The highest BCUT2D eigenvalue weighted by atomic mass is 35.5. The minimum atomic E-state index is -0.0882. The maximum Gasteiger partial charge on any atom is 0.251 e. The van der Waals surface area contributed by atoms with Crippen LogP contribution in [-0.2, 0) is 0 Å². The van der Waals surface area contributed by atoms with Crippen LogP contribution in [0.25, 0.3) is 11.0 Å². The summed E-state index contributed by atoms with van der Waals surface area (Å²) in [6.07, 6.45) is 5.02. The van der Waals surface area contributed by atoms with Crippen LogP contribution in [0.2, 0.25) is 0 Å². The molecular formula is C14H16ClN3O. The third-order valence-electron chi connectivity index (χ3n) is 2.80. The summed E-state index contributed by atoms with van der Waals surface area (Å²) in [5.74, 6) is -0.0882. The second kappa shape index (κ2) is 6.48. The van der Waals surface area contributed by atoms with Crippen molar-refractivity contribution in [3.63, 3.8) is 0 Å². The molecule has 1 N–H and O–H groups in total. The molecule has 1 unspecified atom stereocenters. The van der Waals surface area contributed by atoms with Gasteiger partial charge in [-0.3, -0.25) is 14.8 Å². The van der Waals surface area contributed by atoms with Gasteiger partial charge in [0.2, 0.25) is 0 Å². The number of benzene rings is 1. The van der Waals surface area contributed by atoms with Crippen LogP contribution < -0.4 is 5.32 Å². The van der Waals surface area contributed by atoms with Crippen molar-refractivity contribution in [2.75, 3.05) is 6.54 Å². The Balaban J connectivity index is 1.97. The van der Waals surface area contributed by atoms with Gasteiger partial charge in [0, 0.05) is 29.9 Å². The second-order valence-corrected chi connectivity index (χ2v) is 5.18. The second-order valence-electron chi connectivity index (χ2n) is 4.44. The Morgan fingerprint density at radius 3 is 2.79 bits per heavy atom. The van der Waals surface area contributed by atoms with Crippen LogP contribution >= 0.6 is 11.6 Å². The summed E-state index contributed by atoms with van der Waals surface area (Å²) in [4.78, 5) is 20.3. The molecule has 0 aliphatic rings. The number of carbonyl (C=O) groups excluding carboxylic acids is 1. The van der Waals surface area contributed by atoms with Crippen molar-refractivity contribution in [2.45, 2.75) is 25.1 Å². The molecule has 0 aliphatic carbocycles. The van der Waals surface area contributed by atoms with Gasteiger partial charge in [0.25, 0.3) is 5.91 Å².